The van der Waals surface area contributed by atoms with E-state index in [4.69, 9.17) is 5.11 Å². The molecule has 0 atom stereocenters. The van der Waals surface area contributed by atoms with E-state index >= 15 is 0 Å². The Balaban J connectivity index is 1.80. The molecular formula is C17H24N4O2. The fourth-order valence-corrected chi connectivity index (χ4v) is 2.26. The van der Waals surface area contributed by atoms with E-state index in [2.05, 4.69) is 22.7 Å². The molecule has 6 heteroatoms. The molecule has 2 aromatic rings. The van der Waals surface area contributed by atoms with Gasteiger partial charge in [-0.3, -0.25) is 4.68 Å². The minimum absolute atomic E-state index is 0.00546. The zero-order valence-electron chi connectivity index (χ0n) is 13.5. The predicted molar refractivity (Wildman–Crippen MR) is 90.0 cm³/mol. The molecule has 2 amide bonds. The lowest BCUT2D eigenvalue weighted by Gasteiger charge is -2.10. The molecule has 0 fully saturated rings. The number of aliphatic hydroxyl groups excluding tert-OH is 1. The number of carbonyl (C=O) groups is 1. The number of aromatic nitrogens is 2. The Hall–Kier alpha value is -2.34. The Bertz CT molecular complexity index is 607. The van der Waals surface area contributed by atoms with Crippen LogP contribution in [0.15, 0.2) is 36.5 Å². The standard InChI is InChI=1S/C17H24N4O2/c1-2-3-4-11-21-16(9-10-19-21)12-18-17(23)20-15-7-5-14(13-22)6-8-15/h5-10,22H,2-4,11-13H2,1H3,(H2,18,20,23). The topological polar surface area (TPSA) is 79.2 Å². The summed E-state index contributed by atoms with van der Waals surface area (Å²) in [5.41, 5.74) is 2.50. The number of hydrogen-bond donors (Lipinski definition) is 3. The van der Waals surface area contributed by atoms with Gasteiger partial charge in [0, 0.05) is 18.4 Å². The van der Waals surface area contributed by atoms with Gasteiger partial charge in [0.15, 0.2) is 0 Å². The first-order valence-corrected chi connectivity index (χ1v) is 7.98. The third-order valence-corrected chi connectivity index (χ3v) is 3.60. The monoisotopic (exact) mass is 316 g/mol. The Morgan fingerprint density at radius 3 is 2.70 bits per heavy atom. The van der Waals surface area contributed by atoms with Gasteiger partial charge in [0.05, 0.1) is 18.8 Å². The number of nitrogens with one attached hydrogen (secondary N) is 2. The number of anilines is 1. The smallest absolute Gasteiger partial charge is 0.319 e. The van der Waals surface area contributed by atoms with Gasteiger partial charge in [0.25, 0.3) is 0 Å². The molecule has 0 spiro atoms. The summed E-state index contributed by atoms with van der Waals surface area (Å²) >= 11 is 0. The molecule has 3 N–H and O–H groups in total. The fourth-order valence-electron chi connectivity index (χ4n) is 2.26. The number of nitrogens with zero attached hydrogens (tertiary/aromatic N) is 2. The maximum absolute atomic E-state index is 11.9. The second-order valence-corrected chi connectivity index (χ2v) is 5.42. The minimum atomic E-state index is -0.261. The quantitative estimate of drug-likeness (QED) is 0.655. The van der Waals surface area contributed by atoms with Crippen LogP contribution in [0.2, 0.25) is 0 Å². The molecule has 6 nitrogen and oxygen atoms in total. The third kappa shape index (κ3) is 5.41. The van der Waals surface area contributed by atoms with Crippen LogP contribution in [0.1, 0.15) is 37.4 Å². The van der Waals surface area contributed by atoms with Gasteiger partial charge in [-0.15, -0.1) is 0 Å². The molecule has 23 heavy (non-hydrogen) atoms. The molecule has 1 aromatic carbocycles. The van der Waals surface area contributed by atoms with Gasteiger partial charge in [-0.1, -0.05) is 31.9 Å². The number of benzene rings is 1. The van der Waals surface area contributed by atoms with Crippen molar-refractivity contribution in [3.8, 4) is 0 Å². The number of hydrogen-bond acceptors (Lipinski definition) is 3. The molecule has 0 saturated carbocycles. The van der Waals surface area contributed by atoms with Crippen LogP contribution in [0.25, 0.3) is 0 Å². The van der Waals surface area contributed by atoms with Crippen molar-refractivity contribution in [2.24, 2.45) is 0 Å². The third-order valence-electron chi connectivity index (χ3n) is 3.60. The van der Waals surface area contributed by atoms with E-state index in [1.807, 2.05) is 10.7 Å². The van der Waals surface area contributed by atoms with Crippen LogP contribution in [0.3, 0.4) is 0 Å². The van der Waals surface area contributed by atoms with Crippen molar-refractivity contribution in [3.05, 3.63) is 47.8 Å². The van der Waals surface area contributed by atoms with E-state index in [1.165, 1.54) is 12.8 Å². The van der Waals surface area contributed by atoms with Crippen LogP contribution in [0.4, 0.5) is 10.5 Å². The lowest BCUT2D eigenvalue weighted by atomic mass is 10.2. The zero-order chi connectivity index (χ0) is 16.5. The Kier molecular flexibility index (Phi) is 6.62. The predicted octanol–water partition coefficient (Wildman–Crippen LogP) is 2.89. The highest BCUT2D eigenvalue weighted by Crippen LogP contribution is 2.09. The van der Waals surface area contributed by atoms with Crippen molar-refractivity contribution < 1.29 is 9.90 Å². The summed E-state index contributed by atoms with van der Waals surface area (Å²) in [5.74, 6) is 0. The minimum Gasteiger partial charge on any atom is -0.392 e. The molecule has 0 saturated heterocycles. The van der Waals surface area contributed by atoms with Crippen LogP contribution in [0, 0.1) is 0 Å². The molecule has 0 aliphatic rings. The highest BCUT2D eigenvalue weighted by Gasteiger charge is 2.05. The lowest BCUT2D eigenvalue weighted by Crippen LogP contribution is -2.29. The Labute approximate surface area is 136 Å². The van der Waals surface area contributed by atoms with Crippen molar-refractivity contribution in [1.82, 2.24) is 15.1 Å². The van der Waals surface area contributed by atoms with Gasteiger partial charge in [-0.25, -0.2) is 4.79 Å². The number of carbonyl (C=O) groups excluding carboxylic acids is 1. The summed E-state index contributed by atoms with van der Waals surface area (Å²) in [4.78, 5) is 11.9. The van der Waals surface area contributed by atoms with Crippen molar-refractivity contribution in [1.29, 1.82) is 0 Å². The van der Waals surface area contributed by atoms with Crippen molar-refractivity contribution in [3.63, 3.8) is 0 Å². The highest BCUT2D eigenvalue weighted by molar-refractivity contribution is 5.89. The first-order chi connectivity index (χ1) is 11.2. The zero-order valence-corrected chi connectivity index (χ0v) is 13.5. The van der Waals surface area contributed by atoms with E-state index in [9.17, 15) is 4.79 Å². The van der Waals surface area contributed by atoms with Crippen LogP contribution < -0.4 is 10.6 Å². The summed E-state index contributed by atoms with van der Waals surface area (Å²) in [5, 5.41) is 18.9. The van der Waals surface area contributed by atoms with E-state index in [1.54, 1.807) is 30.5 Å². The van der Waals surface area contributed by atoms with Gasteiger partial charge in [0.1, 0.15) is 0 Å². The number of aliphatic hydroxyl groups is 1. The number of aryl methyl sites for hydroxylation is 1. The van der Waals surface area contributed by atoms with Gasteiger partial charge in [-0.2, -0.15) is 5.10 Å². The average Bonchev–Trinajstić information content (AvgIpc) is 3.01. The second kappa shape index (κ2) is 8.95. The number of amides is 2. The number of unbranched alkanes of at least 4 members (excludes halogenated alkanes) is 2. The Morgan fingerprint density at radius 1 is 1.22 bits per heavy atom. The van der Waals surface area contributed by atoms with E-state index in [0.717, 1.165) is 24.2 Å². The van der Waals surface area contributed by atoms with Crippen molar-refractivity contribution in [2.45, 2.75) is 45.9 Å². The first-order valence-electron chi connectivity index (χ1n) is 7.98. The summed E-state index contributed by atoms with van der Waals surface area (Å²) < 4.78 is 1.94. The lowest BCUT2D eigenvalue weighted by molar-refractivity contribution is 0.251. The second-order valence-electron chi connectivity index (χ2n) is 5.42. The van der Waals surface area contributed by atoms with Gasteiger partial charge >= 0.3 is 6.03 Å². The van der Waals surface area contributed by atoms with Gasteiger partial charge in [-0.05, 0) is 30.2 Å². The largest absolute Gasteiger partial charge is 0.392 e. The molecule has 0 bridgehead atoms. The molecule has 0 aliphatic carbocycles. The summed E-state index contributed by atoms with van der Waals surface area (Å²) in [6.45, 7) is 3.48. The SMILES string of the molecule is CCCCCn1nccc1CNC(=O)Nc1ccc(CO)cc1. The van der Waals surface area contributed by atoms with Crippen LogP contribution >= 0.6 is 0 Å². The number of urea groups is 1. The molecule has 2 rings (SSSR count). The molecular weight excluding hydrogens is 292 g/mol. The summed E-state index contributed by atoms with van der Waals surface area (Å²) in [6.07, 6.45) is 5.20. The highest BCUT2D eigenvalue weighted by atomic mass is 16.3. The number of rotatable bonds is 8. The summed E-state index contributed by atoms with van der Waals surface area (Å²) in [7, 11) is 0. The van der Waals surface area contributed by atoms with E-state index < -0.39 is 0 Å². The van der Waals surface area contributed by atoms with Gasteiger partial charge in [0.2, 0.25) is 0 Å². The Morgan fingerprint density at radius 2 is 2.00 bits per heavy atom. The normalized spacial score (nSPS) is 10.5. The van der Waals surface area contributed by atoms with Crippen LogP contribution in [-0.2, 0) is 19.7 Å². The van der Waals surface area contributed by atoms with E-state index in [-0.39, 0.29) is 12.6 Å². The van der Waals surface area contributed by atoms with Gasteiger partial charge < -0.3 is 15.7 Å². The molecule has 0 unspecified atom stereocenters. The average molecular weight is 316 g/mol. The van der Waals surface area contributed by atoms with Crippen LogP contribution in [0.5, 0.6) is 0 Å². The van der Waals surface area contributed by atoms with E-state index in [0.29, 0.717) is 12.2 Å². The first kappa shape index (κ1) is 17.0. The summed E-state index contributed by atoms with van der Waals surface area (Å²) in [6, 6.07) is 8.74. The molecule has 1 heterocycles. The van der Waals surface area contributed by atoms with Crippen LogP contribution in [-0.4, -0.2) is 20.9 Å². The molecule has 0 aliphatic heterocycles. The molecule has 1 aromatic heterocycles. The van der Waals surface area contributed by atoms with Crippen molar-refractivity contribution >= 4 is 11.7 Å². The van der Waals surface area contributed by atoms with Crippen molar-refractivity contribution in [2.75, 3.05) is 5.32 Å². The maximum Gasteiger partial charge on any atom is 0.319 e. The fraction of sp³-hybridized carbons (Fsp3) is 0.412. The molecule has 0 radical (unpaired) electrons. The molecule has 124 valence electrons. The maximum atomic E-state index is 11.9.